The summed E-state index contributed by atoms with van der Waals surface area (Å²) in [5.74, 6) is 0. The second-order valence-corrected chi connectivity index (χ2v) is 5.95. The molecule has 2 rings (SSSR count). The predicted molar refractivity (Wildman–Crippen MR) is 86.2 cm³/mol. The third-order valence-electron chi connectivity index (χ3n) is 3.38. The molecule has 0 aliphatic rings. The fourth-order valence-electron chi connectivity index (χ4n) is 2.50. The van der Waals surface area contributed by atoms with Gasteiger partial charge < -0.3 is 5.73 Å². The monoisotopic (exact) mass is 333 g/mol. The minimum absolute atomic E-state index is 0.0340. The van der Waals surface area contributed by atoms with E-state index in [-0.39, 0.29) is 12.1 Å². The molecule has 4 heteroatoms. The van der Waals surface area contributed by atoms with Gasteiger partial charge in [-0.1, -0.05) is 40.2 Å². The van der Waals surface area contributed by atoms with Crippen molar-refractivity contribution in [2.75, 3.05) is 7.05 Å². The van der Waals surface area contributed by atoms with E-state index in [1.54, 1.807) is 6.20 Å². The molecular weight excluding hydrogens is 314 g/mol. The zero-order valence-corrected chi connectivity index (χ0v) is 13.4. The highest BCUT2D eigenvalue weighted by atomic mass is 79.9. The van der Waals surface area contributed by atoms with Crippen LogP contribution in [0.25, 0.3) is 0 Å². The molecule has 0 fully saturated rings. The lowest BCUT2D eigenvalue weighted by Crippen LogP contribution is -2.37. The molecule has 106 valence electrons. The molecule has 20 heavy (non-hydrogen) atoms. The number of likely N-dealkylation sites (N-methyl/N-ethyl adjacent to an activating group) is 1. The average Bonchev–Trinajstić information content (AvgIpc) is 2.42. The van der Waals surface area contributed by atoms with E-state index >= 15 is 0 Å². The third kappa shape index (κ3) is 3.66. The smallest absolute Gasteiger partial charge is 0.0512 e. The maximum absolute atomic E-state index is 6.18. The van der Waals surface area contributed by atoms with E-state index < -0.39 is 0 Å². The summed E-state index contributed by atoms with van der Waals surface area (Å²) in [6.45, 7) is 2.87. The topological polar surface area (TPSA) is 42.1 Å². The number of nitrogens with two attached hydrogens (primary N) is 1. The fraction of sp³-hybridized carbons (Fsp3) is 0.312. The number of aromatic nitrogens is 1. The largest absolute Gasteiger partial charge is 0.326 e. The van der Waals surface area contributed by atoms with Crippen molar-refractivity contribution in [3.63, 3.8) is 0 Å². The van der Waals surface area contributed by atoms with Crippen molar-refractivity contribution in [1.82, 2.24) is 9.88 Å². The van der Waals surface area contributed by atoms with Gasteiger partial charge in [-0.15, -0.1) is 0 Å². The lowest BCUT2D eigenvalue weighted by molar-refractivity contribution is 0.210. The lowest BCUT2D eigenvalue weighted by atomic mass is 10.0. The van der Waals surface area contributed by atoms with Gasteiger partial charge in [0.25, 0.3) is 0 Å². The Balaban J connectivity index is 2.20. The summed E-state index contributed by atoms with van der Waals surface area (Å²) >= 11 is 3.60. The van der Waals surface area contributed by atoms with Crippen LogP contribution in [0.15, 0.2) is 53.3 Å². The van der Waals surface area contributed by atoms with E-state index in [1.807, 2.05) is 25.3 Å². The van der Waals surface area contributed by atoms with Crippen molar-refractivity contribution in [3.05, 3.63) is 64.4 Å². The molecule has 0 spiro atoms. The molecule has 0 amide bonds. The first-order chi connectivity index (χ1) is 9.59. The molecule has 0 saturated carbocycles. The minimum Gasteiger partial charge on any atom is -0.326 e. The maximum Gasteiger partial charge on any atom is 0.0512 e. The normalized spacial score (nSPS) is 14.2. The van der Waals surface area contributed by atoms with Crippen molar-refractivity contribution in [2.24, 2.45) is 5.73 Å². The second-order valence-electron chi connectivity index (χ2n) is 5.10. The Bertz CT molecular complexity index is 542. The summed E-state index contributed by atoms with van der Waals surface area (Å²) in [5, 5.41) is 0. The SMILES string of the molecule is CC(N)C(c1cccnc1)N(C)Cc1ccccc1Br. The molecular formula is C16H20BrN3. The number of pyridine rings is 1. The van der Waals surface area contributed by atoms with Gasteiger partial charge in [0.15, 0.2) is 0 Å². The highest BCUT2D eigenvalue weighted by Gasteiger charge is 2.21. The Morgan fingerprint density at radius 3 is 2.60 bits per heavy atom. The van der Waals surface area contributed by atoms with Crippen LogP contribution < -0.4 is 5.73 Å². The summed E-state index contributed by atoms with van der Waals surface area (Å²) in [5.41, 5.74) is 8.58. The van der Waals surface area contributed by atoms with Crippen LogP contribution in [-0.4, -0.2) is 23.0 Å². The average molecular weight is 334 g/mol. The van der Waals surface area contributed by atoms with E-state index in [4.69, 9.17) is 5.73 Å². The number of nitrogens with zero attached hydrogens (tertiary/aromatic N) is 2. The van der Waals surface area contributed by atoms with Crippen LogP contribution in [0.1, 0.15) is 24.1 Å². The molecule has 0 saturated heterocycles. The van der Waals surface area contributed by atoms with Gasteiger partial charge in [-0.2, -0.15) is 0 Å². The first-order valence-electron chi connectivity index (χ1n) is 6.68. The molecule has 0 aliphatic heterocycles. The van der Waals surface area contributed by atoms with Gasteiger partial charge >= 0.3 is 0 Å². The van der Waals surface area contributed by atoms with Crippen LogP contribution in [0.2, 0.25) is 0 Å². The Hall–Kier alpha value is -1.23. The van der Waals surface area contributed by atoms with Crippen LogP contribution in [0, 0.1) is 0 Å². The number of rotatable bonds is 5. The van der Waals surface area contributed by atoms with Gasteiger partial charge in [0, 0.05) is 29.5 Å². The van der Waals surface area contributed by atoms with Gasteiger partial charge in [-0.05, 0) is 37.2 Å². The van der Waals surface area contributed by atoms with E-state index in [9.17, 15) is 0 Å². The summed E-state index contributed by atoms with van der Waals surface area (Å²) in [6.07, 6.45) is 3.68. The summed E-state index contributed by atoms with van der Waals surface area (Å²) < 4.78 is 1.13. The highest BCUT2D eigenvalue weighted by molar-refractivity contribution is 9.10. The fourth-order valence-corrected chi connectivity index (χ4v) is 2.91. The van der Waals surface area contributed by atoms with Crippen molar-refractivity contribution < 1.29 is 0 Å². The van der Waals surface area contributed by atoms with Crippen LogP contribution in [-0.2, 0) is 6.54 Å². The Morgan fingerprint density at radius 1 is 1.25 bits per heavy atom. The van der Waals surface area contributed by atoms with Crippen molar-refractivity contribution in [1.29, 1.82) is 0 Å². The molecule has 3 nitrogen and oxygen atoms in total. The molecule has 2 aromatic rings. The zero-order valence-electron chi connectivity index (χ0n) is 11.8. The molecule has 2 N–H and O–H groups in total. The molecule has 0 aliphatic carbocycles. The van der Waals surface area contributed by atoms with E-state index in [1.165, 1.54) is 5.56 Å². The van der Waals surface area contributed by atoms with Crippen LogP contribution in [0.4, 0.5) is 0 Å². The van der Waals surface area contributed by atoms with E-state index in [0.717, 1.165) is 16.6 Å². The van der Waals surface area contributed by atoms with Gasteiger partial charge in [-0.3, -0.25) is 9.88 Å². The van der Waals surface area contributed by atoms with Crippen LogP contribution in [0.3, 0.4) is 0 Å². The molecule has 1 heterocycles. The van der Waals surface area contributed by atoms with Gasteiger partial charge in [0.2, 0.25) is 0 Å². The summed E-state index contributed by atoms with van der Waals surface area (Å²) in [6, 6.07) is 12.5. The molecule has 2 unspecified atom stereocenters. The molecule has 1 aromatic carbocycles. The Labute approximate surface area is 129 Å². The molecule has 2 atom stereocenters. The number of benzene rings is 1. The number of hydrogen-bond acceptors (Lipinski definition) is 3. The summed E-state index contributed by atoms with van der Waals surface area (Å²) in [7, 11) is 2.10. The maximum atomic E-state index is 6.18. The number of halogens is 1. The van der Waals surface area contributed by atoms with Crippen molar-refractivity contribution in [2.45, 2.75) is 25.6 Å². The second kappa shape index (κ2) is 6.97. The highest BCUT2D eigenvalue weighted by Crippen LogP contribution is 2.25. The van der Waals surface area contributed by atoms with Gasteiger partial charge in [0.05, 0.1) is 6.04 Å². The van der Waals surface area contributed by atoms with Crippen LogP contribution in [0.5, 0.6) is 0 Å². The summed E-state index contributed by atoms with van der Waals surface area (Å²) in [4.78, 5) is 6.47. The van der Waals surface area contributed by atoms with Crippen molar-refractivity contribution >= 4 is 15.9 Å². The Kier molecular flexibility index (Phi) is 5.29. The number of hydrogen-bond donors (Lipinski definition) is 1. The van der Waals surface area contributed by atoms with Crippen molar-refractivity contribution in [3.8, 4) is 0 Å². The van der Waals surface area contributed by atoms with Crippen LogP contribution >= 0.6 is 15.9 Å². The van der Waals surface area contributed by atoms with E-state index in [0.29, 0.717) is 0 Å². The quantitative estimate of drug-likeness (QED) is 0.912. The first kappa shape index (κ1) is 15.2. The lowest BCUT2D eigenvalue weighted by Gasteiger charge is -2.31. The standard InChI is InChI=1S/C16H20BrN3/c1-12(18)16(13-7-5-9-19-10-13)20(2)11-14-6-3-4-8-15(14)17/h3-10,12,16H,11,18H2,1-2H3. The van der Waals surface area contributed by atoms with Gasteiger partial charge in [0.1, 0.15) is 0 Å². The molecule has 1 aromatic heterocycles. The molecule has 0 radical (unpaired) electrons. The van der Waals surface area contributed by atoms with E-state index in [2.05, 4.69) is 57.1 Å². The molecule has 0 bridgehead atoms. The Morgan fingerprint density at radius 2 is 2.00 bits per heavy atom. The van der Waals surface area contributed by atoms with Gasteiger partial charge in [-0.25, -0.2) is 0 Å². The minimum atomic E-state index is 0.0340. The third-order valence-corrected chi connectivity index (χ3v) is 4.15. The zero-order chi connectivity index (χ0) is 14.5. The predicted octanol–water partition coefficient (Wildman–Crippen LogP) is 3.36. The first-order valence-corrected chi connectivity index (χ1v) is 7.48.